The number of aromatic nitrogens is 2. The molecule has 49 heavy (non-hydrogen) atoms. The highest BCUT2D eigenvalue weighted by Gasteiger charge is 2.38. The fraction of sp³-hybridized carbons (Fsp3) is 0.400. The third kappa shape index (κ3) is 9.74. The highest BCUT2D eigenvalue weighted by atomic mass is 16.5. The summed E-state index contributed by atoms with van der Waals surface area (Å²) in [4.78, 5) is 37.5. The molecule has 3 N–H and O–H groups in total. The number of carbonyl (C=O) groups is 2. The maximum Gasteiger partial charge on any atom is 0.251 e. The number of likely N-dealkylation sites (tertiary alicyclic amines) is 1. The zero-order valence-corrected chi connectivity index (χ0v) is 28.7. The molecule has 1 atom stereocenters. The largest absolute Gasteiger partial charge is 0.494 e. The third-order valence-corrected chi connectivity index (χ3v) is 9.09. The van der Waals surface area contributed by atoms with Gasteiger partial charge in [0.1, 0.15) is 11.8 Å². The first-order chi connectivity index (χ1) is 23.7. The Hall–Kier alpha value is -4.60. The molecular weight excluding hydrogens is 616 g/mol. The van der Waals surface area contributed by atoms with E-state index in [1.165, 1.54) is 25.7 Å². The van der Waals surface area contributed by atoms with Gasteiger partial charge in [-0.25, -0.2) is 9.97 Å². The number of hydrogen-bond acceptors (Lipinski definition) is 7. The molecule has 0 radical (unpaired) electrons. The van der Waals surface area contributed by atoms with Gasteiger partial charge in [-0.2, -0.15) is 0 Å². The van der Waals surface area contributed by atoms with E-state index in [0.717, 1.165) is 46.6 Å². The molecule has 258 valence electrons. The van der Waals surface area contributed by atoms with Crippen molar-refractivity contribution < 1.29 is 24.5 Å². The first-order valence-corrected chi connectivity index (χ1v) is 17.4. The van der Waals surface area contributed by atoms with Gasteiger partial charge in [0.25, 0.3) is 5.91 Å². The maximum absolute atomic E-state index is 13.5. The molecule has 0 bridgehead atoms. The SMILES string of the molecule is CCCCCCCOc1ccc(-c2cnc(-c3ccc(C[C@H](NC(=O)c4ccc(C(C)C)cc4)C(=O)N4CC(C(O)O)C4)cc3)nc2)cc1. The van der Waals surface area contributed by atoms with Crippen molar-refractivity contribution >= 4 is 11.8 Å². The Bertz CT molecular complexity index is 1630. The molecule has 0 aliphatic carbocycles. The van der Waals surface area contributed by atoms with E-state index in [2.05, 4.69) is 36.1 Å². The molecule has 1 fully saturated rings. The van der Waals surface area contributed by atoms with Crippen LogP contribution in [0.5, 0.6) is 5.75 Å². The highest BCUT2D eigenvalue weighted by Crippen LogP contribution is 2.25. The fourth-order valence-corrected chi connectivity index (χ4v) is 5.85. The summed E-state index contributed by atoms with van der Waals surface area (Å²) in [6.07, 6.45) is 8.45. The Morgan fingerprint density at radius 2 is 1.47 bits per heavy atom. The molecule has 1 aromatic heterocycles. The first-order valence-electron chi connectivity index (χ1n) is 17.4. The lowest BCUT2D eigenvalue weighted by molar-refractivity contribution is -0.157. The molecule has 4 aromatic rings. The summed E-state index contributed by atoms with van der Waals surface area (Å²) in [7, 11) is 0. The smallest absolute Gasteiger partial charge is 0.251 e. The van der Waals surface area contributed by atoms with Crippen molar-refractivity contribution in [3.05, 3.63) is 102 Å². The number of aliphatic hydroxyl groups is 2. The summed E-state index contributed by atoms with van der Waals surface area (Å²) in [5, 5.41) is 21.9. The topological polar surface area (TPSA) is 125 Å². The third-order valence-electron chi connectivity index (χ3n) is 9.09. The minimum absolute atomic E-state index is 0.231. The molecular formula is C40H48N4O5. The molecule has 2 amide bonds. The van der Waals surface area contributed by atoms with Gasteiger partial charge >= 0.3 is 0 Å². The van der Waals surface area contributed by atoms with Gasteiger partial charge in [-0.1, -0.05) is 95.0 Å². The van der Waals surface area contributed by atoms with Crippen LogP contribution in [-0.2, 0) is 11.2 Å². The van der Waals surface area contributed by atoms with Crippen molar-refractivity contribution in [3.8, 4) is 28.3 Å². The van der Waals surface area contributed by atoms with Gasteiger partial charge < -0.3 is 25.2 Å². The van der Waals surface area contributed by atoms with Crippen LogP contribution in [0.3, 0.4) is 0 Å². The number of aliphatic hydroxyl groups excluding tert-OH is 1. The minimum atomic E-state index is -1.48. The van der Waals surface area contributed by atoms with Crippen molar-refractivity contribution in [3.63, 3.8) is 0 Å². The van der Waals surface area contributed by atoms with Gasteiger partial charge in [-0.15, -0.1) is 0 Å². The van der Waals surface area contributed by atoms with E-state index in [1.54, 1.807) is 29.4 Å². The van der Waals surface area contributed by atoms with Crippen LogP contribution in [0.1, 0.15) is 80.3 Å². The quantitative estimate of drug-likeness (QED) is 0.0936. The number of unbranched alkanes of at least 4 members (excludes halogenated alkanes) is 4. The van der Waals surface area contributed by atoms with Crippen LogP contribution in [-0.4, -0.2) is 68.9 Å². The van der Waals surface area contributed by atoms with E-state index in [0.29, 0.717) is 17.3 Å². The lowest BCUT2D eigenvalue weighted by Crippen LogP contribution is -2.60. The second-order valence-corrected chi connectivity index (χ2v) is 13.2. The van der Waals surface area contributed by atoms with Gasteiger partial charge in [-0.05, 0) is 53.3 Å². The minimum Gasteiger partial charge on any atom is -0.494 e. The summed E-state index contributed by atoms with van der Waals surface area (Å²) in [6, 6.07) is 22.2. The number of ether oxygens (including phenoxy) is 1. The molecule has 5 rings (SSSR count). The van der Waals surface area contributed by atoms with E-state index in [9.17, 15) is 19.8 Å². The number of hydrogen-bond donors (Lipinski definition) is 3. The van der Waals surface area contributed by atoms with E-state index in [1.807, 2.05) is 60.7 Å². The summed E-state index contributed by atoms with van der Waals surface area (Å²) >= 11 is 0. The normalized spacial score (nSPS) is 13.7. The molecule has 0 saturated carbocycles. The van der Waals surface area contributed by atoms with Crippen molar-refractivity contribution in [1.29, 1.82) is 0 Å². The number of amides is 2. The Balaban J connectivity index is 1.21. The molecule has 1 saturated heterocycles. The molecule has 0 spiro atoms. The van der Waals surface area contributed by atoms with Crippen LogP contribution in [0.2, 0.25) is 0 Å². The van der Waals surface area contributed by atoms with Crippen LogP contribution in [0.4, 0.5) is 0 Å². The second-order valence-electron chi connectivity index (χ2n) is 13.2. The molecule has 1 aliphatic heterocycles. The Labute approximate surface area is 289 Å². The molecule has 1 aliphatic rings. The molecule has 9 heteroatoms. The van der Waals surface area contributed by atoms with Crippen LogP contribution >= 0.6 is 0 Å². The van der Waals surface area contributed by atoms with E-state index < -0.39 is 18.2 Å². The van der Waals surface area contributed by atoms with Crippen molar-refractivity contribution in [2.24, 2.45) is 5.92 Å². The average molecular weight is 665 g/mol. The number of carbonyl (C=O) groups excluding carboxylic acids is 2. The maximum atomic E-state index is 13.5. The van der Waals surface area contributed by atoms with E-state index >= 15 is 0 Å². The lowest BCUT2D eigenvalue weighted by Gasteiger charge is -2.41. The van der Waals surface area contributed by atoms with Crippen LogP contribution in [0.25, 0.3) is 22.5 Å². The summed E-state index contributed by atoms with van der Waals surface area (Å²) in [5.74, 6) is 0.799. The molecule has 0 unspecified atom stereocenters. The summed E-state index contributed by atoms with van der Waals surface area (Å²) in [6.45, 7) is 7.59. The predicted molar refractivity (Wildman–Crippen MR) is 191 cm³/mol. The zero-order chi connectivity index (χ0) is 34.8. The molecule has 2 heterocycles. The van der Waals surface area contributed by atoms with Gasteiger partial charge in [0, 0.05) is 54.5 Å². The Morgan fingerprint density at radius 3 is 2.08 bits per heavy atom. The van der Waals surface area contributed by atoms with Crippen LogP contribution in [0, 0.1) is 5.92 Å². The standard InChI is InChI=1S/C40H48N4O5/c1-4-5-6-7-8-21-49-35-19-17-30(18-20-35)33-23-41-37(42-24-33)31-11-9-28(10-12-31)22-36(39(46)44-25-34(26-44)40(47)48)43-38(45)32-15-13-29(14-16-32)27(2)3/h9-20,23-24,27,34,36,40,47-48H,4-8,21-22,25-26H2,1-3H3,(H,43,45)/t36-/m0/s1. The van der Waals surface area contributed by atoms with Crippen molar-refractivity contribution in [1.82, 2.24) is 20.2 Å². The van der Waals surface area contributed by atoms with Gasteiger partial charge in [0.15, 0.2) is 12.1 Å². The molecule has 3 aromatic carbocycles. The zero-order valence-electron chi connectivity index (χ0n) is 28.7. The predicted octanol–water partition coefficient (Wildman–Crippen LogP) is 6.39. The second kappa shape index (κ2) is 17.2. The van der Waals surface area contributed by atoms with Crippen LogP contribution in [0.15, 0.2) is 85.2 Å². The highest BCUT2D eigenvalue weighted by molar-refractivity contribution is 5.97. The average Bonchev–Trinajstić information content (AvgIpc) is 3.09. The van der Waals surface area contributed by atoms with Crippen molar-refractivity contribution in [2.45, 2.75) is 77.5 Å². The van der Waals surface area contributed by atoms with Gasteiger partial charge in [0.2, 0.25) is 5.91 Å². The molecule has 9 nitrogen and oxygen atoms in total. The number of benzene rings is 3. The number of nitrogens with zero attached hydrogens (tertiary/aromatic N) is 3. The lowest BCUT2D eigenvalue weighted by atomic mass is 9.96. The fourth-order valence-electron chi connectivity index (χ4n) is 5.85. The number of nitrogens with one attached hydrogen (secondary N) is 1. The van der Waals surface area contributed by atoms with E-state index in [-0.39, 0.29) is 31.3 Å². The van der Waals surface area contributed by atoms with Crippen LogP contribution < -0.4 is 10.1 Å². The Morgan fingerprint density at radius 1 is 0.837 bits per heavy atom. The first kappa shape index (κ1) is 35.7. The van der Waals surface area contributed by atoms with Gasteiger partial charge in [0.05, 0.1) is 6.61 Å². The van der Waals surface area contributed by atoms with Gasteiger partial charge in [-0.3, -0.25) is 9.59 Å². The van der Waals surface area contributed by atoms with Crippen molar-refractivity contribution in [2.75, 3.05) is 19.7 Å². The Kier molecular flexibility index (Phi) is 12.5. The monoisotopic (exact) mass is 664 g/mol. The summed E-state index contributed by atoms with van der Waals surface area (Å²) < 4.78 is 5.89. The van der Waals surface area contributed by atoms with E-state index in [4.69, 9.17) is 4.74 Å². The summed E-state index contributed by atoms with van der Waals surface area (Å²) in [5.41, 5.74) is 5.20. The number of rotatable bonds is 16.